The predicted molar refractivity (Wildman–Crippen MR) is 99.6 cm³/mol. The highest BCUT2D eigenvalue weighted by molar-refractivity contribution is 4.50. The molecule has 0 aliphatic carbocycles. The highest BCUT2D eigenvalue weighted by Gasteiger charge is 2.13. The molecule has 22 heavy (non-hydrogen) atoms. The Morgan fingerprint density at radius 2 is 0.864 bits per heavy atom. The zero-order valence-corrected chi connectivity index (χ0v) is 16.5. The van der Waals surface area contributed by atoms with E-state index in [4.69, 9.17) is 0 Å². The van der Waals surface area contributed by atoms with Crippen molar-refractivity contribution < 1.29 is 9.96 Å². The van der Waals surface area contributed by atoms with Crippen molar-refractivity contribution in [3.8, 4) is 0 Å². The summed E-state index contributed by atoms with van der Waals surface area (Å²) in [5.74, 6) is 1.76. The maximum Gasteiger partial charge on any atom is 0.0782 e. The summed E-state index contributed by atoms with van der Waals surface area (Å²) in [5, 5.41) is 0. The first-order valence-corrected chi connectivity index (χ1v) is 9.65. The van der Waals surface area contributed by atoms with Gasteiger partial charge in [0.05, 0.1) is 27.2 Å². The number of hydrogen-bond acceptors (Lipinski definition) is 1. The van der Waals surface area contributed by atoms with E-state index >= 15 is 0 Å². The number of rotatable bonds is 14. The summed E-state index contributed by atoms with van der Waals surface area (Å²) in [6, 6.07) is 0. The highest BCUT2D eigenvalue weighted by Crippen LogP contribution is 2.13. The van der Waals surface area contributed by atoms with E-state index in [1.807, 2.05) is 0 Å². The molecule has 0 spiro atoms. The van der Waals surface area contributed by atoms with Crippen molar-refractivity contribution in [3.05, 3.63) is 0 Å². The van der Waals surface area contributed by atoms with Gasteiger partial charge in [0, 0.05) is 0 Å². The smallest absolute Gasteiger partial charge is 0.0782 e. The third-order valence-corrected chi connectivity index (χ3v) is 4.59. The summed E-state index contributed by atoms with van der Waals surface area (Å²) in [6.45, 7) is 12.1. The Bertz CT molecular complexity index is 202. The molecule has 0 saturated carbocycles. The van der Waals surface area contributed by atoms with E-state index in [-0.39, 0.29) is 5.48 Å². The first-order chi connectivity index (χ1) is 9.83. The van der Waals surface area contributed by atoms with Gasteiger partial charge in [0.2, 0.25) is 0 Å². The lowest BCUT2D eigenvalue weighted by atomic mass is 10.0. The molecule has 0 saturated heterocycles. The molecule has 0 heterocycles. The molecule has 0 radical (unpaired) electrons. The van der Waals surface area contributed by atoms with Gasteiger partial charge >= 0.3 is 0 Å². The Hall–Kier alpha value is -0.0800. The van der Waals surface area contributed by atoms with Crippen LogP contribution in [0, 0.1) is 11.8 Å². The first-order valence-electron chi connectivity index (χ1n) is 9.65. The average molecular weight is 316 g/mol. The topological polar surface area (TPSA) is 30.0 Å². The lowest BCUT2D eigenvalue weighted by molar-refractivity contribution is -0.890. The van der Waals surface area contributed by atoms with Gasteiger partial charge in [-0.25, -0.2) is 0 Å². The Labute approximate surface area is 141 Å². The van der Waals surface area contributed by atoms with Crippen molar-refractivity contribution in [2.45, 2.75) is 91.9 Å². The standard InChI is InChI=1S/C20H44N.H2O/c1-19(2)15-11-7-9-13-17-21(5,6)18-14-10-8-12-16-20(3)4;/h19-20H,7-18H2,1-6H3;1H2/q+1;/p-1. The first kappa shape index (κ1) is 24.2. The molecule has 0 bridgehead atoms. The zero-order chi connectivity index (χ0) is 16.1. The van der Waals surface area contributed by atoms with Gasteiger partial charge in [-0.3, -0.25) is 0 Å². The summed E-state index contributed by atoms with van der Waals surface area (Å²) >= 11 is 0. The van der Waals surface area contributed by atoms with Crippen LogP contribution in [-0.2, 0) is 0 Å². The van der Waals surface area contributed by atoms with Gasteiger partial charge in [0.1, 0.15) is 0 Å². The van der Waals surface area contributed by atoms with E-state index in [9.17, 15) is 0 Å². The largest absolute Gasteiger partial charge is 0.870 e. The van der Waals surface area contributed by atoms with Crippen LogP contribution in [0.4, 0.5) is 0 Å². The van der Waals surface area contributed by atoms with E-state index < -0.39 is 0 Å². The van der Waals surface area contributed by atoms with Gasteiger partial charge in [0.25, 0.3) is 0 Å². The third kappa shape index (κ3) is 18.0. The Morgan fingerprint density at radius 3 is 1.18 bits per heavy atom. The molecule has 0 rings (SSSR count). The predicted octanol–water partition coefficient (Wildman–Crippen LogP) is 6.10. The quantitative estimate of drug-likeness (QED) is 0.281. The van der Waals surface area contributed by atoms with Gasteiger partial charge in [-0.1, -0.05) is 66.2 Å². The van der Waals surface area contributed by atoms with Crippen molar-refractivity contribution >= 4 is 0 Å². The molecule has 136 valence electrons. The number of hydrogen-bond donors (Lipinski definition) is 0. The summed E-state index contributed by atoms with van der Waals surface area (Å²) in [5.41, 5.74) is 0. The lowest BCUT2D eigenvalue weighted by Gasteiger charge is -2.30. The van der Waals surface area contributed by atoms with Gasteiger partial charge in [0.15, 0.2) is 0 Å². The summed E-state index contributed by atoms with van der Waals surface area (Å²) < 4.78 is 1.23. The van der Waals surface area contributed by atoms with Gasteiger partial charge in [-0.2, -0.15) is 0 Å². The second-order valence-corrected chi connectivity index (χ2v) is 8.58. The van der Waals surface area contributed by atoms with E-state index in [1.54, 1.807) is 0 Å². The van der Waals surface area contributed by atoms with Gasteiger partial charge < -0.3 is 9.96 Å². The molecular weight excluding hydrogens is 270 g/mol. The van der Waals surface area contributed by atoms with Crippen LogP contribution >= 0.6 is 0 Å². The van der Waals surface area contributed by atoms with Crippen LogP contribution in [0.5, 0.6) is 0 Å². The van der Waals surface area contributed by atoms with Crippen molar-refractivity contribution in [2.24, 2.45) is 11.8 Å². The van der Waals surface area contributed by atoms with E-state index in [0.717, 1.165) is 11.8 Å². The molecule has 2 heteroatoms. The van der Waals surface area contributed by atoms with Crippen LogP contribution in [0.1, 0.15) is 91.9 Å². The minimum absolute atomic E-state index is 0. The van der Waals surface area contributed by atoms with Crippen LogP contribution in [0.15, 0.2) is 0 Å². The molecule has 0 atom stereocenters. The Kier molecular flexibility index (Phi) is 15.9. The van der Waals surface area contributed by atoms with Crippen LogP contribution in [0.2, 0.25) is 0 Å². The number of nitrogens with zero attached hydrogens (tertiary/aromatic N) is 1. The molecule has 0 amide bonds. The summed E-state index contributed by atoms with van der Waals surface area (Å²) in [6.07, 6.45) is 14.3. The SMILES string of the molecule is CC(C)CCCCCC[N+](C)(C)CCCCCCC(C)C.[OH-]. The van der Waals surface area contributed by atoms with Crippen molar-refractivity contribution in [1.82, 2.24) is 0 Å². The fraction of sp³-hybridized carbons (Fsp3) is 1.00. The van der Waals surface area contributed by atoms with E-state index in [1.165, 1.54) is 81.8 Å². The fourth-order valence-electron chi connectivity index (χ4n) is 3.00. The minimum Gasteiger partial charge on any atom is -0.870 e. The molecule has 0 unspecified atom stereocenters. The van der Waals surface area contributed by atoms with Crippen LogP contribution in [0.3, 0.4) is 0 Å². The highest BCUT2D eigenvalue weighted by atomic mass is 16.0. The Morgan fingerprint density at radius 1 is 0.545 bits per heavy atom. The fourth-order valence-corrected chi connectivity index (χ4v) is 3.00. The minimum atomic E-state index is 0. The normalized spacial score (nSPS) is 12.0. The molecular formula is C20H45NO. The average Bonchev–Trinajstić information content (AvgIpc) is 2.37. The van der Waals surface area contributed by atoms with Crippen molar-refractivity contribution in [2.75, 3.05) is 27.2 Å². The molecule has 0 aromatic heterocycles. The van der Waals surface area contributed by atoms with Crippen LogP contribution in [0.25, 0.3) is 0 Å². The lowest BCUT2D eigenvalue weighted by Crippen LogP contribution is -2.41. The number of unbranched alkanes of at least 4 members (excludes halogenated alkanes) is 6. The van der Waals surface area contributed by atoms with E-state index in [2.05, 4.69) is 41.8 Å². The monoisotopic (exact) mass is 315 g/mol. The van der Waals surface area contributed by atoms with Crippen LogP contribution < -0.4 is 0 Å². The summed E-state index contributed by atoms with van der Waals surface area (Å²) in [4.78, 5) is 0. The maximum absolute atomic E-state index is 2.42. The molecule has 0 aromatic carbocycles. The molecule has 2 nitrogen and oxygen atoms in total. The summed E-state index contributed by atoms with van der Waals surface area (Å²) in [7, 11) is 4.84. The van der Waals surface area contributed by atoms with Crippen molar-refractivity contribution in [3.63, 3.8) is 0 Å². The zero-order valence-electron chi connectivity index (χ0n) is 16.5. The molecule has 0 aromatic rings. The molecule has 0 aliphatic rings. The number of quaternary nitrogens is 1. The van der Waals surface area contributed by atoms with Crippen molar-refractivity contribution in [1.29, 1.82) is 0 Å². The second-order valence-electron chi connectivity index (χ2n) is 8.58. The molecule has 0 aliphatic heterocycles. The molecule has 1 N–H and O–H groups in total. The third-order valence-electron chi connectivity index (χ3n) is 4.59. The van der Waals surface area contributed by atoms with Crippen LogP contribution in [-0.4, -0.2) is 37.1 Å². The Balaban J connectivity index is 0. The molecule has 0 fully saturated rings. The maximum atomic E-state index is 2.42. The van der Waals surface area contributed by atoms with Gasteiger partial charge in [-0.15, -0.1) is 0 Å². The van der Waals surface area contributed by atoms with Gasteiger partial charge in [-0.05, 0) is 37.5 Å². The van der Waals surface area contributed by atoms with E-state index in [0.29, 0.717) is 0 Å². The second kappa shape index (κ2) is 14.5.